The highest BCUT2D eigenvalue weighted by molar-refractivity contribution is 5.82. The van der Waals surface area contributed by atoms with Gasteiger partial charge in [-0.2, -0.15) is 5.26 Å². The molecule has 3 rings (SSSR count). The summed E-state index contributed by atoms with van der Waals surface area (Å²) in [5.41, 5.74) is 4.26. The lowest BCUT2D eigenvalue weighted by molar-refractivity contribution is -0.139. The summed E-state index contributed by atoms with van der Waals surface area (Å²) >= 11 is 0. The van der Waals surface area contributed by atoms with E-state index < -0.39 is 17.1 Å². The molecule has 1 saturated carbocycles. The number of carbonyl (C=O) groups is 4. The van der Waals surface area contributed by atoms with Crippen molar-refractivity contribution >= 4 is 30.6 Å². The van der Waals surface area contributed by atoms with Crippen LogP contribution in [0.5, 0.6) is 0 Å². The molecule has 1 aromatic rings. The Morgan fingerprint density at radius 3 is 2.00 bits per heavy atom. The van der Waals surface area contributed by atoms with Crippen LogP contribution in [0.2, 0.25) is 0 Å². The van der Waals surface area contributed by atoms with E-state index in [9.17, 15) is 14.4 Å². The molecule has 0 aromatic heterocycles. The molecule has 40 heavy (non-hydrogen) atoms. The van der Waals surface area contributed by atoms with Crippen molar-refractivity contribution in [2.24, 2.45) is 23.0 Å². The molecule has 2 amide bonds. The molecule has 2 unspecified atom stereocenters. The third-order valence-corrected chi connectivity index (χ3v) is 5.77. The second-order valence-corrected chi connectivity index (χ2v) is 11.2. The monoisotopic (exact) mass is 561 g/mol. The first-order chi connectivity index (χ1) is 18.8. The maximum Gasteiger partial charge on any atom is 0.224 e. The molecule has 1 heterocycles. The molecule has 10 heteroatoms. The summed E-state index contributed by atoms with van der Waals surface area (Å²) in [6.45, 7) is 11.0. The Morgan fingerprint density at radius 1 is 1.20 bits per heavy atom. The molecular weight excluding hydrogens is 510 g/mol. The predicted octanol–water partition coefficient (Wildman–Crippen LogP) is 3.15. The second-order valence-electron chi connectivity index (χ2n) is 11.2. The smallest absolute Gasteiger partial charge is 0.224 e. The van der Waals surface area contributed by atoms with Crippen LogP contribution in [-0.2, 0) is 19.2 Å². The molecule has 1 aliphatic carbocycles. The van der Waals surface area contributed by atoms with Gasteiger partial charge in [-0.3, -0.25) is 9.59 Å². The lowest BCUT2D eigenvalue weighted by atomic mass is 9.67. The Labute approximate surface area is 240 Å². The normalized spacial score (nSPS) is 18.1. The number of likely N-dealkylation sites (N-methyl/N-ethyl adjacent to an activating group) is 1. The van der Waals surface area contributed by atoms with Gasteiger partial charge in [-0.05, 0) is 58.2 Å². The van der Waals surface area contributed by atoms with Crippen LogP contribution in [-0.4, -0.2) is 73.7 Å². The van der Waals surface area contributed by atoms with Gasteiger partial charge in [0.05, 0.1) is 11.7 Å². The summed E-state index contributed by atoms with van der Waals surface area (Å²) in [7, 11) is 3.73. The van der Waals surface area contributed by atoms with E-state index in [1.807, 2.05) is 44.4 Å². The summed E-state index contributed by atoms with van der Waals surface area (Å²) < 4.78 is 0. The number of likely N-dealkylation sites (tertiary alicyclic amines) is 1. The van der Waals surface area contributed by atoms with Crippen LogP contribution in [0.3, 0.4) is 0 Å². The number of hydrogen-bond acceptors (Lipinski definition) is 8. The number of aliphatic hydroxyl groups is 1. The van der Waals surface area contributed by atoms with Gasteiger partial charge in [-0.1, -0.05) is 45.4 Å². The van der Waals surface area contributed by atoms with Gasteiger partial charge >= 0.3 is 0 Å². The average molecular weight is 562 g/mol. The zero-order chi connectivity index (χ0) is 31.2. The zero-order valence-electron chi connectivity index (χ0n) is 25.4. The number of nitrogens with two attached hydrogens (primary N) is 1. The van der Waals surface area contributed by atoms with E-state index in [1.54, 1.807) is 13.8 Å². The third kappa shape index (κ3) is 18.1. The molecule has 10 nitrogen and oxygen atoms in total. The fraction of sp³-hybridized carbons (Fsp3) is 0.633. The van der Waals surface area contributed by atoms with Crippen molar-refractivity contribution in [3.63, 3.8) is 0 Å². The van der Waals surface area contributed by atoms with Crippen molar-refractivity contribution in [3.05, 3.63) is 30.3 Å². The summed E-state index contributed by atoms with van der Waals surface area (Å²) in [6, 6.07) is 11.6. The number of nitriles is 1. The van der Waals surface area contributed by atoms with Crippen molar-refractivity contribution in [1.29, 1.82) is 5.26 Å². The van der Waals surface area contributed by atoms with Crippen LogP contribution in [0.1, 0.15) is 66.7 Å². The first-order valence-electron chi connectivity index (χ1n) is 13.6. The number of anilines is 1. The van der Waals surface area contributed by atoms with Crippen LogP contribution < -0.4 is 16.4 Å². The molecule has 2 aliphatic rings. The minimum atomic E-state index is -0.561. The van der Waals surface area contributed by atoms with Crippen molar-refractivity contribution in [1.82, 2.24) is 10.2 Å². The van der Waals surface area contributed by atoms with E-state index in [4.69, 9.17) is 15.2 Å². The molecule has 1 aromatic carbocycles. The number of nitrogens with one attached hydrogen (secondary N) is 2. The predicted molar refractivity (Wildman–Crippen MR) is 159 cm³/mol. The number of carbonyl (C=O) groups excluding carboxylic acids is 4. The molecule has 2 atom stereocenters. The first-order valence-corrected chi connectivity index (χ1v) is 13.6. The van der Waals surface area contributed by atoms with Crippen molar-refractivity contribution in [2.75, 3.05) is 32.5 Å². The summed E-state index contributed by atoms with van der Waals surface area (Å²) in [6.07, 6.45) is 5.01. The van der Waals surface area contributed by atoms with E-state index in [2.05, 4.69) is 43.2 Å². The van der Waals surface area contributed by atoms with E-state index in [1.165, 1.54) is 4.90 Å². The Kier molecular flexibility index (Phi) is 20.9. The SMILES string of the molecule is CC(C)C.CNCC(C)(C)O.CNc1ccccc1.N#CC1CC(C=O)CN1C(=O)CC1(C=O)CCC1.NC=O. The van der Waals surface area contributed by atoms with Gasteiger partial charge in [0.25, 0.3) is 0 Å². The van der Waals surface area contributed by atoms with Crippen LogP contribution in [0.25, 0.3) is 0 Å². The lowest BCUT2D eigenvalue weighted by Crippen LogP contribution is -2.41. The number of para-hydroxylation sites is 1. The molecule has 0 bridgehead atoms. The van der Waals surface area contributed by atoms with Gasteiger partial charge in [-0.25, -0.2) is 0 Å². The molecule has 226 valence electrons. The zero-order valence-corrected chi connectivity index (χ0v) is 25.4. The topological polar surface area (TPSA) is 166 Å². The van der Waals surface area contributed by atoms with Crippen LogP contribution >= 0.6 is 0 Å². The van der Waals surface area contributed by atoms with Gasteiger partial charge in [0.15, 0.2) is 0 Å². The number of benzene rings is 1. The number of aldehydes is 2. The highest BCUT2D eigenvalue weighted by Gasteiger charge is 2.42. The second kappa shape index (κ2) is 21.5. The number of rotatable bonds is 7. The molecule has 2 fully saturated rings. The van der Waals surface area contributed by atoms with Gasteiger partial charge in [0, 0.05) is 43.6 Å². The van der Waals surface area contributed by atoms with Gasteiger partial charge < -0.3 is 36.0 Å². The minimum Gasteiger partial charge on any atom is -0.389 e. The minimum absolute atomic E-state index is 0.169. The first kappa shape index (κ1) is 38.9. The van der Waals surface area contributed by atoms with Crippen molar-refractivity contribution < 1.29 is 24.3 Å². The van der Waals surface area contributed by atoms with Gasteiger partial charge in [-0.15, -0.1) is 0 Å². The number of hydrogen-bond donors (Lipinski definition) is 4. The molecule has 0 spiro atoms. The van der Waals surface area contributed by atoms with Crippen LogP contribution in [0, 0.1) is 28.6 Å². The molecule has 1 aliphatic heterocycles. The quantitative estimate of drug-likeness (QED) is 0.369. The van der Waals surface area contributed by atoms with Gasteiger partial charge in [0.2, 0.25) is 12.3 Å². The van der Waals surface area contributed by atoms with Crippen molar-refractivity contribution in [3.8, 4) is 6.07 Å². The largest absolute Gasteiger partial charge is 0.389 e. The Bertz CT molecular complexity index is 874. The van der Waals surface area contributed by atoms with E-state index in [0.29, 0.717) is 19.5 Å². The van der Waals surface area contributed by atoms with E-state index in [0.717, 1.165) is 43.4 Å². The van der Waals surface area contributed by atoms with Crippen molar-refractivity contribution in [2.45, 2.75) is 78.4 Å². The van der Waals surface area contributed by atoms with E-state index in [-0.39, 0.29) is 24.7 Å². The Morgan fingerprint density at radius 2 is 1.73 bits per heavy atom. The molecule has 0 radical (unpaired) electrons. The summed E-state index contributed by atoms with van der Waals surface area (Å²) in [5.74, 6) is 0.421. The Balaban J connectivity index is 0. The maximum absolute atomic E-state index is 12.1. The highest BCUT2D eigenvalue weighted by Crippen LogP contribution is 2.42. The average Bonchev–Trinajstić information content (AvgIpc) is 3.31. The third-order valence-electron chi connectivity index (χ3n) is 5.77. The Hall–Kier alpha value is -3.29. The summed E-state index contributed by atoms with van der Waals surface area (Å²) in [4.78, 5) is 44.0. The van der Waals surface area contributed by atoms with Gasteiger partial charge in [0.1, 0.15) is 18.6 Å². The molecule has 5 N–H and O–H groups in total. The fourth-order valence-corrected chi connectivity index (χ4v) is 3.77. The number of primary amides is 1. The number of nitrogens with zero attached hydrogens (tertiary/aromatic N) is 2. The standard InChI is InChI=1S/C13H16N2O3.C7H9N.C5H13NO.C4H10.CH3NO/c14-6-11-4-10(8-16)7-15(11)12(18)5-13(9-17)2-1-3-13;1-8-7-5-3-2-4-6-7;1-5(2,7)4-6-3;1-4(2)3;2-1-3/h8-11H,1-5,7H2;2-6,8H,1H3;6-7H,4H2,1-3H3;4H,1-3H3;1H,(H2,2,3). The van der Waals surface area contributed by atoms with Crippen LogP contribution in [0.4, 0.5) is 5.69 Å². The van der Waals surface area contributed by atoms with E-state index >= 15 is 0 Å². The fourth-order valence-electron chi connectivity index (χ4n) is 3.77. The van der Waals surface area contributed by atoms with Crippen LogP contribution in [0.15, 0.2) is 30.3 Å². The number of amides is 2. The maximum atomic E-state index is 12.1. The lowest BCUT2D eigenvalue weighted by Gasteiger charge is -2.37. The molecular formula is C30H51N5O5. The summed E-state index contributed by atoms with van der Waals surface area (Å²) in [5, 5.41) is 23.8. The highest BCUT2D eigenvalue weighted by atomic mass is 16.3. The molecule has 1 saturated heterocycles.